The molecule has 0 radical (unpaired) electrons. The SMILES string of the molecule is CC1CCC(C2CCC(CCc3cc(F)[c-]c(F)c3)CC2)CC1.[Y+3]. The summed E-state index contributed by atoms with van der Waals surface area (Å²) in [4.78, 5) is 0. The summed E-state index contributed by atoms with van der Waals surface area (Å²) in [5.74, 6) is 2.45. The normalized spacial score (nSPS) is 30.6. The van der Waals surface area contributed by atoms with Crippen molar-refractivity contribution < 1.29 is 41.5 Å². The summed E-state index contributed by atoms with van der Waals surface area (Å²) < 4.78 is 26.4. The molecule has 0 aromatic heterocycles. The van der Waals surface area contributed by atoms with E-state index in [9.17, 15) is 8.78 Å². The molecule has 0 aliphatic heterocycles. The van der Waals surface area contributed by atoms with Gasteiger partial charge in [-0.1, -0.05) is 39.0 Å². The molecule has 24 heavy (non-hydrogen) atoms. The first-order chi connectivity index (χ1) is 11.1. The number of hydrogen-bond acceptors (Lipinski definition) is 0. The standard InChI is InChI=1S/C21H29F2.Y/c1-15-2-8-18(9-3-15)19-10-6-16(7-11-19)4-5-17-12-20(22)14-21(23)13-17;/h12-13,15-16,18-19H,2-11H2,1H3;/q-1;+3. The molecule has 2 aliphatic rings. The van der Waals surface area contributed by atoms with Gasteiger partial charge in [-0.3, -0.25) is 0 Å². The molecule has 0 nitrogen and oxygen atoms in total. The molecule has 0 N–H and O–H groups in total. The van der Waals surface area contributed by atoms with Gasteiger partial charge in [0.2, 0.25) is 0 Å². The van der Waals surface area contributed by atoms with E-state index in [0.29, 0.717) is 0 Å². The van der Waals surface area contributed by atoms with E-state index >= 15 is 0 Å². The van der Waals surface area contributed by atoms with Crippen LogP contribution in [0.25, 0.3) is 0 Å². The van der Waals surface area contributed by atoms with Crippen molar-refractivity contribution >= 4 is 0 Å². The molecule has 0 heterocycles. The first kappa shape index (κ1) is 20.5. The molecule has 0 saturated heterocycles. The van der Waals surface area contributed by atoms with Crippen molar-refractivity contribution in [2.24, 2.45) is 23.7 Å². The van der Waals surface area contributed by atoms with Gasteiger partial charge in [-0.2, -0.15) is 5.56 Å². The van der Waals surface area contributed by atoms with Crippen LogP contribution in [-0.4, -0.2) is 0 Å². The fourth-order valence-corrected chi connectivity index (χ4v) is 4.77. The predicted molar refractivity (Wildman–Crippen MR) is 90.1 cm³/mol. The van der Waals surface area contributed by atoms with E-state index in [0.717, 1.165) is 42.1 Å². The van der Waals surface area contributed by atoms with E-state index in [1.807, 2.05) is 0 Å². The van der Waals surface area contributed by atoms with Crippen molar-refractivity contribution in [2.75, 3.05) is 0 Å². The van der Waals surface area contributed by atoms with Gasteiger partial charge in [0.15, 0.2) is 0 Å². The zero-order valence-corrected chi connectivity index (χ0v) is 17.7. The Morgan fingerprint density at radius 1 is 0.875 bits per heavy atom. The minimum Gasteiger partial charge on any atom is -0.236 e. The van der Waals surface area contributed by atoms with Crippen molar-refractivity contribution in [1.29, 1.82) is 0 Å². The van der Waals surface area contributed by atoms with Gasteiger partial charge in [0.25, 0.3) is 0 Å². The maximum Gasteiger partial charge on any atom is 3.00 e. The van der Waals surface area contributed by atoms with Crippen molar-refractivity contribution in [2.45, 2.75) is 71.1 Å². The van der Waals surface area contributed by atoms with Gasteiger partial charge in [0.1, 0.15) is 0 Å². The van der Waals surface area contributed by atoms with Crippen LogP contribution >= 0.6 is 0 Å². The Labute approximate surface area is 171 Å². The third-order valence-electron chi connectivity index (χ3n) is 6.32. The summed E-state index contributed by atoms with van der Waals surface area (Å²) >= 11 is 0. The topological polar surface area (TPSA) is 0 Å². The van der Waals surface area contributed by atoms with Gasteiger partial charge < -0.3 is 0 Å². The Hall–Kier alpha value is 0.184. The molecule has 0 unspecified atom stereocenters. The van der Waals surface area contributed by atoms with Crippen LogP contribution in [0.5, 0.6) is 0 Å². The molecule has 3 rings (SSSR count). The van der Waals surface area contributed by atoms with Gasteiger partial charge >= 0.3 is 32.7 Å². The van der Waals surface area contributed by atoms with Crippen LogP contribution in [0.4, 0.5) is 8.78 Å². The smallest absolute Gasteiger partial charge is 0.236 e. The second kappa shape index (κ2) is 9.76. The van der Waals surface area contributed by atoms with E-state index < -0.39 is 11.6 Å². The summed E-state index contributed by atoms with van der Waals surface area (Å²) in [5.41, 5.74) is 0.780. The molecule has 3 heteroatoms. The van der Waals surface area contributed by atoms with Gasteiger partial charge in [-0.05, 0) is 55.8 Å². The predicted octanol–water partition coefficient (Wildman–Crippen LogP) is 6.33. The number of halogens is 2. The minimum atomic E-state index is -0.574. The Bertz CT molecular complexity index is 480. The van der Waals surface area contributed by atoms with Crippen molar-refractivity contribution in [3.8, 4) is 0 Å². The van der Waals surface area contributed by atoms with E-state index in [1.165, 1.54) is 63.5 Å². The molecule has 0 amide bonds. The van der Waals surface area contributed by atoms with Crippen LogP contribution in [0.2, 0.25) is 0 Å². The van der Waals surface area contributed by atoms with Crippen molar-refractivity contribution in [3.63, 3.8) is 0 Å². The van der Waals surface area contributed by atoms with Crippen LogP contribution in [0.1, 0.15) is 70.3 Å². The average Bonchev–Trinajstić information content (AvgIpc) is 2.53. The molecule has 2 fully saturated rings. The van der Waals surface area contributed by atoms with Crippen LogP contribution in [-0.2, 0) is 39.1 Å². The summed E-state index contributed by atoms with van der Waals surface area (Å²) in [6.45, 7) is 2.39. The van der Waals surface area contributed by atoms with Crippen molar-refractivity contribution in [1.82, 2.24) is 0 Å². The van der Waals surface area contributed by atoms with E-state index in [2.05, 4.69) is 13.0 Å². The molecule has 2 aliphatic carbocycles. The number of aryl methyl sites for hydroxylation is 1. The number of benzene rings is 1. The third kappa shape index (κ3) is 5.87. The first-order valence-electron chi connectivity index (χ1n) is 9.47. The van der Waals surface area contributed by atoms with E-state index in [4.69, 9.17) is 0 Å². The third-order valence-corrected chi connectivity index (χ3v) is 6.32. The van der Waals surface area contributed by atoms with Crippen molar-refractivity contribution in [3.05, 3.63) is 35.4 Å². The maximum atomic E-state index is 13.2. The van der Waals surface area contributed by atoms with Gasteiger partial charge in [-0.25, -0.2) is 8.78 Å². The maximum absolute atomic E-state index is 13.2. The molecule has 0 atom stereocenters. The zero-order valence-electron chi connectivity index (χ0n) is 14.9. The van der Waals surface area contributed by atoms with Gasteiger partial charge in [-0.15, -0.1) is 18.2 Å². The molecular formula is C21H29F2Y+2. The second-order valence-electron chi connectivity index (χ2n) is 8.02. The van der Waals surface area contributed by atoms with Crippen LogP contribution in [0.15, 0.2) is 12.1 Å². The Morgan fingerprint density at radius 2 is 1.38 bits per heavy atom. The molecule has 0 bridgehead atoms. The van der Waals surface area contributed by atoms with Gasteiger partial charge in [0, 0.05) is 11.6 Å². The van der Waals surface area contributed by atoms with Crippen LogP contribution < -0.4 is 0 Å². The molecule has 1 aromatic rings. The molecule has 2 saturated carbocycles. The van der Waals surface area contributed by atoms with Crippen LogP contribution in [0, 0.1) is 41.4 Å². The summed E-state index contributed by atoms with van der Waals surface area (Å²) in [6.07, 6.45) is 12.9. The quantitative estimate of drug-likeness (QED) is 0.511. The largest absolute Gasteiger partial charge is 3.00 e. The Balaban J connectivity index is 0.00000208. The summed E-state index contributed by atoms with van der Waals surface area (Å²) in [6, 6.07) is 4.92. The second-order valence-corrected chi connectivity index (χ2v) is 8.02. The molecule has 1 aromatic carbocycles. The molecule has 128 valence electrons. The van der Waals surface area contributed by atoms with E-state index in [1.54, 1.807) is 0 Å². The van der Waals surface area contributed by atoms with Crippen LogP contribution in [0.3, 0.4) is 0 Å². The summed E-state index contributed by atoms with van der Waals surface area (Å²) in [5, 5.41) is 0. The van der Waals surface area contributed by atoms with E-state index in [-0.39, 0.29) is 32.7 Å². The number of hydrogen-bond donors (Lipinski definition) is 0. The minimum absolute atomic E-state index is 0. The first-order valence-corrected chi connectivity index (χ1v) is 9.47. The Morgan fingerprint density at radius 3 is 1.92 bits per heavy atom. The molecule has 0 spiro atoms. The monoisotopic (exact) mass is 408 g/mol. The number of rotatable bonds is 4. The fourth-order valence-electron chi connectivity index (χ4n) is 4.77. The van der Waals surface area contributed by atoms with Gasteiger partial charge in [0.05, 0.1) is 0 Å². The zero-order chi connectivity index (χ0) is 16.2. The fraction of sp³-hybridized carbons (Fsp3) is 0.714. The summed E-state index contributed by atoms with van der Waals surface area (Å²) in [7, 11) is 0. The average molecular weight is 408 g/mol. The molecular weight excluding hydrogens is 379 g/mol. The Kier molecular flexibility index (Phi) is 8.34.